The number of carboxylic acid groups (broad SMARTS) is 1. The number of rotatable bonds is 6. The van der Waals surface area contributed by atoms with Crippen LogP contribution in [0.2, 0.25) is 0 Å². The molecule has 1 amide bonds. The van der Waals surface area contributed by atoms with Gasteiger partial charge in [0.1, 0.15) is 6.04 Å². The molecule has 3 heterocycles. The lowest BCUT2D eigenvalue weighted by atomic mass is 10.1. The van der Waals surface area contributed by atoms with Gasteiger partial charge >= 0.3 is 5.97 Å². The van der Waals surface area contributed by atoms with Crippen LogP contribution in [0.15, 0.2) is 34.9 Å². The summed E-state index contributed by atoms with van der Waals surface area (Å²) in [7, 11) is 2.91. The van der Waals surface area contributed by atoms with Crippen LogP contribution in [0, 0.1) is 0 Å². The van der Waals surface area contributed by atoms with Gasteiger partial charge in [-0.1, -0.05) is 0 Å². The summed E-state index contributed by atoms with van der Waals surface area (Å²) in [5, 5.41) is 9.80. The normalized spacial score (nSPS) is 16.0. The lowest BCUT2D eigenvalue weighted by molar-refractivity contribution is -0.144. The Kier molecular flexibility index (Phi) is 5.60. The van der Waals surface area contributed by atoms with Gasteiger partial charge < -0.3 is 23.9 Å². The summed E-state index contributed by atoms with van der Waals surface area (Å²) >= 11 is 0. The molecule has 1 fully saturated rings. The Balaban J connectivity index is 1.76. The number of aromatic nitrogens is 1. The van der Waals surface area contributed by atoms with Crippen molar-refractivity contribution in [1.29, 1.82) is 0 Å². The Bertz CT molecular complexity index is 799. The Hall–Kier alpha value is -3.07. The molecule has 27 heavy (non-hydrogen) atoms. The molecule has 0 radical (unpaired) electrons. The number of furan rings is 1. The van der Waals surface area contributed by atoms with Crippen LogP contribution >= 0.6 is 0 Å². The lowest BCUT2D eigenvalue weighted by Crippen LogP contribution is -2.51. The lowest BCUT2D eigenvalue weighted by Gasteiger charge is -2.37. The van der Waals surface area contributed by atoms with Crippen molar-refractivity contribution in [1.82, 2.24) is 14.8 Å². The smallest absolute Gasteiger partial charge is 0.325 e. The van der Waals surface area contributed by atoms with Crippen LogP contribution < -0.4 is 9.47 Å². The maximum atomic E-state index is 12.4. The van der Waals surface area contributed by atoms with Gasteiger partial charge in [-0.2, -0.15) is 4.98 Å². The summed E-state index contributed by atoms with van der Waals surface area (Å²) in [5.41, 5.74) is 0.441. The number of nitrogens with zero attached hydrogens (tertiary/aromatic N) is 3. The maximum Gasteiger partial charge on any atom is 0.325 e. The van der Waals surface area contributed by atoms with Crippen molar-refractivity contribution < 1.29 is 28.6 Å². The molecule has 0 unspecified atom stereocenters. The number of carbonyl (C=O) groups excluding carboxylic acids is 1. The van der Waals surface area contributed by atoms with Gasteiger partial charge in [0.25, 0.3) is 5.91 Å². The predicted octanol–water partition coefficient (Wildman–Crippen LogP) is 1.28. The second kappa shape index (κ2) is 8.09. The van der Waals surface area contributed by atoms with Crippen LogP contribution in [0.25, 0.3) is 0 Å². The fraction of sp³-hybridized carbons (Fsp3) is 0.389. The minimum atomic E-state index is -1.01. The first-order chi connectivity index (χ1) is 13.0. The van der Waals surface area contributed by atoms with Gasteiger partial charge in [0.15, 0.2) is 5.76 Å². The molecule has 2 aromatic rings. The van der Waals surface area contributed by atoms with Crippen LogP contribution in [0.3, 0.4) is 0 Å². The number of aliphatic carboxylic acids is 1. The number of carboxylic acids is 1. The summed E-state index contributed by atoms with van der Waals surface area (Å²) < 4.78 is 15.5. The summed E-state index contributed by atoms with van der Waals surface area (Å²) in [6.07, 6.45) is 1.45. The van der Waals surface area contributed by atoms with Crippen LogP contribution in [-0.2, 0) is 4.79 Å². The van der Waals surface area contributed by atoms with Crippen molar-refractivity contribution in [3.05, 3.63) is 41.9 Å². The van der Waals surface area contributed by atoms with Gasteiger partial charge in [-0.25, -0.2) is 0 Å². The molecular formula is C18H21N3O6. The van der Waals surface area contributed by atoms with Crippen molar-refractivity contribution in [3.63, 3.8) is 0 Å². The molecule has 2 aromatic heterocycles. The van der Waals surface area contributed by atoms with Crippen molar-refractivity contribution in [2.75, 3.05) is 40.4 Å². The number of ether oxygens (including phenoxy) is 2. The Morgan fingerprint density at radius 3 is 2.44 bits per heavy atom. The minimum absolute atomic E-state index is 0.199. The molecule has 0 aromatic carbocycles. The average molecular weight is 375 g/mol. The second-order valence-corrected chi connectivity index (χ2v) is 6.00. The van der Waals surface area contributed by atoms with Crippen molar-refractivity contribution in [2.24, 2.45) is 0 Å². The number of methoxy groups -OCH3 is 2. The average Bonchev–Trinajstić information content (AvgIpc) is 3.23. The first-order valence-corrected chi connectivity index (χ1v) is 8.43. The Labute approximate surface area is 156 Å². The summed E-state index contributed by atoms with van der Waals surface area (Å²) in [5.74, 6) is -0.384. The van der Waals surface area contributed by atoms with Crippen LogP contribution in [0.1, 0.15) is 22.2 Å². The molecule has 9 nitrogen and oxygen atoms in total. The van der Waals surface area contributed by atoms with Gasteiger partial charge in [0, 0.05) is 37.8 Å². The number of piperazine rings is 1. The van der Waals surface area contributed by atoms with Crippen LogP contribution in [0.5, 0.6) is 11.8 Å². The second-order valence-electron chi connectivity index (χ2n) is 6.00. The van der Waals surface area contributed by atoms with E-state index in [1.165, 1.54) is 20.5 Å². The van der Waals surface area contributed by atoms with E-state index < -0.39 is 12.0 Å². The quantitative estimate of drug-likeness (QED) is 0.805. The van der Waals surface area contributed by atoms with Gasteiger partial charge in [-0.3, -0.25) is 14.5 Å². The standard InChI is InChI=1S/C18H21N3O6/c1-25-14-6-5-12(16(19-14)26-2)15(18(23)24)20-7-9-21(10-8-20)17(22)13-4-3-11-27-13/h3-6,11,15H,7-10H2,1-2H3,(H,23,24)/t15-/m0/s1. The topological polar surface area (TPSA) is 105 Å². The molecule has 0 aliphatic carbocycles. The van der Waals surface area contributed by atoms with E-state index >= 15 is 0 Å². The molecule has 1 N–H and O–H groups in total. The summed E-state index contributed by atoms with van der Waals surface area (Å²) in [4.78, 5) is 32.0. The highest BCUT2D eigenvalue weighted by molar-refractivity contribution is 5.91. The molecule has 144 valence electrons. The van der Waals surface area contributed by atoms with E-state index in [2.05, 4.69) is 4.98 Å². The molecule has 3 rings (SSSR count). The third kappa shape index (κ3) is 3.87. The van der Waals surface area contributed by atoms with E-state index in [1.807, 2.05) is 0 Å². The molecule has 1 saturated heterocycles. The largest absolute Gasteiger partial charge is 0.481 e. The van der Waals surface area contributed by atoms with E-state index in [-0.39, 0.29) is 17.5 Å². The third-order valence-corrected chi connectivity index (χ3v) is 4.49. The van der Waals surface area contributed by atoms with Crippen molar-refractivity contribution in [3.8, 4) is 11.8 Å². The molecule has 1 aliphatic heterocycles. The van der Waals surface area contributed by atoms with Crippen LogP contribution in [-0.4, -0.2) is 72.2 Å². The monoisotopic (exact) mass is 375 g/mol. The highest BCUT2D eigenvalue weighted by Crippen LogP contribution is 2.31. The van der Waals surface area contributed by atoms with E-state index in [4.69, 9.17) is 13.9 Å². The molecule has 1 aliphatic rings. The van der Waals surface area contributed by atoms with Gasteiger partial charge in [0.2, 0.25) is 11.8 Å². The van der Waals surface area contributed by atoms with E-state index in [1.54, 1.807) is 34.1 Å². The summed E-state index contributed by atoms with van der Waals surface area (Å²) in [6, 6.07) is 5.59. The highest BCUT2D eigenvalue weighted by atomic mass is 16.5. The predicted molar refractivity (Wildman–Crippen MR) is 93.9 cm³/mol. The number of pyridine rings is 1. The SMILES string of the molecule is COc1ccc([C@@H](C(=O)O)N2CCN(C(=O)c3ccco3)CC2)c(OC)n1. The maximum absolute atomic E-state index is 12.4. The van der Waals surface area contributed by atoms with Gasteiger partial charge in [-0.15, -0.1) is 0 Å². The minimum Gasteiger partial charge on any atom is -0.481 e. The highest BCUT2D eigenvalue weighted by Gasteiger charge is 2.34. The molecule has 0 saturated carbocycles. The first kappa shape index (κ1) is 18.7. The number of hydrogen-bond acceptors (Lipinski definition) is 7. The number of amides is 1. The molecule has 1 atom stereocenters. The van der Waals surface area contributed by atoms with E-state index in [0.717, 1.165) is 0 Å². The molecule has 9 heteroatoms. The van der Waals surface area contributed by atoms with E-state index in [9.17, 15) is 14.7 Å². The van der Waals surface area contributed by atoms with Crippen molar-refractivity contribution in [2.45, 2.75) is 6.04 Å². The third-order valence-electron chi connectivity index (χ3n) is 4.49. The number of hydrogen-bond donors (Lipinski definition) is 1. The molecule has 0 bridgehead atoms. The van der Waals surface area contributed by atoms with Crippen molar-refractivity contribution >= 4 is 11.9 Å². The fourth-order valence-electron chi connectivity index (χ4n) is 3.14. The fourth-order valence-corrected chi connectivity index (χ4v) is 3.14. The zero-order valence-electron chi connectivity index (χ0n) is 15.1. The zero-order valence-corrected chi connectivity index (χ0v) is 15.1. The Morgan fingerprint density at radius 1 is 1.15 bits per heavy atom. The summed E-state index contributed by atoms with van der Waals surface area (Å²) in [6.45, 7) is 1.60. The zero-order chi connectivity index (χ0) is 19.4. The van der Waals surface area contributed by atoms with Crippen LogP contribution in [0.4, 0.5) is 0 Å². The van der Waals surface area contributed by atoms with Gasteiger partial charge in [-0.05, 0) is 18.2 Å². The Morgan fingerprint density at radius 2 is 1.89 bits per heavy atom. The van der Waals surface area contributed by atoms with E-state index in [0.29, 0.717) is 37.6 Å². The van der Waals surface area contributed by atoms with Gasteiger partial charge in [0.05, 0.1) is 20.5 Å². The number of carbonyl (C=O) groups is 2. The first-order valence-electron chi connectivity index (χ1n) is 8.43. The molecular weight excluding hydrogens is 354 g/mol. The molecule has 0 spiro atoms.